The second kappa shape index (κ2) is 21.2. The fourth-order valence-electron chi connectivity index (χ4n) is 6.99. The molecule has 0 amide bonds. The molecule has 0 aromatic heterocycles. The van der Waals surface area contributed by atoms with E-state index in [0.29, 0.717) is 25.7 Å². The van der Waals surface area contributed by atoms with Crippen molar-refractivity contribution in [3.05, 3.63) is 203 Å². The van der Waals surface area contributed by atoms with Gasteiger partial charge >= 0.3 is 137 Å². The molecule has 0 aliphatic heterocycles. The fourth-order valence-corrected chi connectivity index (χ4v) is 7.81. The summed E-state index contributed by atoms with van der Waals surface area (Å²) in [6.45, 7) is 8.99. The summed E-state index contributed by atoms with van der Waals surface area (Å²) in [5, 5.41) is 0. The molecule has 0 fully saturated rings. The van der Waals surface area contributed by atoms with E-state index in [0.717, 1.165) is 54.9 Å². The normalized spacial score (nSPS) is 13.8. The molecule has 314 valence electrons. The average Bonchev–Trinajstić information content (AvgIpc) is 3.86. The Balaban J connectivity index is 0.000000210. The molecule has 6 aromatic rings. The molecular formula is C52H44Cl2F6Zr-2. The summed E-state index contributed by atoms with van der Waals surface area (Å²) in [7, 11) is 0. The first-order valence-electron chi connectivity index (χ1n) is 19.6. The molecular weight excluding hydrogens is 901 g/mol. The molecule has 8 rings (SSSR count). The summed E-state index contributed by atoms with van der Waals surface area (Å²) in [5.41, 5.74) is 11.7. The third kappa shape index (κ3) is 12.9. The molecule has 0 nitrogen and oxygen atoms in total. The van der Waals surface area contributed by atoms with Crippen molar-refractivity contribution >= 4 is 3.21 Å². The van der Waals surface area contributed by atoms with Gasteiger partial charge in [-0.15, -0.1) is 29.3 Å². The maximum atomic E-state index is 12.5. The van der Waals surface area contributed by atoms with Crippen molar-refractivity contribution in [2.24, 2.45) is 11.3 Å². The number of alkyl halides is 6. The van der Waals surface area contributed by atoms with Crippen LogP contribution < -0.4 is 24.8 Å². The van der Waals surface area contributed by atoms with Gasteiger partial charge in [-0.1, -0.05) is 147 Å². The van der Waals surface area contributed by atoms with Gasteiger partial charge in [0.25, 0.3) is 0 Å². The van der Waals surface area contributed by atoms with E-state index in [1.807, 2.05) is 0 Å². The Hall–Kier alpha value is -4.29. The Morgan fingerprint density at radius 2 is 1.13 bits per heavy atom. The Morgan fingerprint density at radius 3 is 1.61 bits per heavy atom. The SMILES string of the molecule is CCCC1[C-]=CC(C(C)(C)C)=C1.FC(F)(F)c1ccc([C](=[Zr+2])c2ccc(C(F)(F)F)cc2)cc1.[Cl-].[Cl-].[c-]1c(-c2ccccc2)ccc2c1Cc1cc(-c3ccccc3)ccc1-2. The number of allylic oxidation sites excluding steroid dienone is 4. The van der Waals surface area contributed by atoms with Crippen LogP contribution in [0.2, 0.25) is 0 Å². The van der Waals surface area contributed by atoms with Crippen molar-refractivity contribution in [2.45, 2.75) is 59.3 Å². The summed E-state index contributed by atoms with van der Waals surface area (Å²) in [5.74, 6) is 0.587. The van der Waals surface area contributed by atoms with E-state index in [2.05, 4.69) is 143 Å². The minimum atomic E-state index is -4.41. The number of hydrogen-bond donors (Lipinski definition) is 0. The number of halogens is 8. The Labute approximate surface area is 383 Å². The first-order valence-corrected chi connectivity index (χ1v) is 20.8. The van der Waals surface area contributed by atoms with Crippen molar-refractivity contribution in [3.63, 3.8) is 0 Å². The Bertz CT molecular complexity index is 2280. The quantitative estimate of drug-likeness (QED) is 0.116. The van der Waals surface area contributed by atoms with Crippen LogP contribution in [0.15, 0.2) is 157 Å². The fraction of sp³-hybridized carbons (Fsp3) is 0.212. The molecule has 0 saturated heterocycles. The third-order valence-corrected chi connectivity index (χ3v) is 11.7. The monoisotopic (exact) mass is 942 g/mol. The second-order valence-electron chi connectivity index (χ2n) is 15.6. The van der Waals surface area contributed by atoms with Crippen LogP contribution in [0, 0.1) is 23.5 Å². The van der Waals surface area contributed by atoms with Crippen molar-refractivity contribution < 1.29 is 75.4 Å². The van der Waals surface area contributed by atoms with E-state index in [9.17, 15) is 26.3 Å². The van der Waals surface area contributed by atoms with E-state index in [4.69, 9.17) is 0 Å². The van der Waals surface area contributed by atoms with Gasteiger partial charge in [0.15, 0.2) is 0 Å². The van der Waals surface area contributed by atoms with Crippen LogP contribution in [0.3, 0.4) is 0 Å². The zero-order valence-corrected chi connectivity index (χ0v) is 38.1. The molecule has 2 aliphatic rings. The van der Waals surface area contributed by atoms with Crippen LogP contribution in [0.25, 0.3) is 33.4 Å². The first kappa shape index (κ1) is 49.4. The molecule has 61 heavy (non-hydrogen) atoms. The van der Waals surface area contributed by atoms with E-state index < -0.39 is 23.5 Å². The summed E-state index contributed by atoms with van der Waals surface area (Å²) in [6.07, 6.45) is 2.57. The Morgan fingerprint density at radius 1 is 0.623 bits per heavy atom. The van der Waals surface area contributed by atoms with Crippen molar-refractivity contribution in [1.82, 2.24) is 0 Å². The molecule has 0 saturated carbocycles. The van der Waals surface area contributed by atoms with Gasteiger partial charge in [-0.3, -0.25) is 6.08 Å². The van der Waals surface area contributed by atoms with Gasteiger partial charge in [0.2, 0.25) is 0 Å². The van der Waals surface area contributed by atoms with Crippen molar-refractivity contribution in [3.8, 4) is 33.4 Å². The summed E-state index contributed by atoms with van der Waals surface area (Å²) >= 11 is 0.898. The minimum absolute atomic E-state index is 0. The van der Waals surface area contributed by atoms with Crippen LogP contribution in [0.4, 0.5) is 26.3 Å². The maximum Gasteiger partial charge on any atom is -0.0181 e. The molecule has 0 bridgehead atoms. The standard InChI is InChI=1S/C25H17.C15H8F6.C12H19.2ClH.Zr/c1-3-7-18(8-4-1)20-11-13-24-22(15-20)17-23-16-21(12-14-25(23)24)19-9-5-2-6-10-19;16-14(17,18)12-5-1-10(2-6-12)9-11-3-7-13(8-4-11)15(19,20)21;1-5-6-10-7-8-11(9-10)12(2,3)4;;;/h1-15H,17H2;1-8H;8-10H,5-6H2,1-4H3;2*1H;/q-1;;-1;;;+2/p-2. The first-order chi connectivity index (χ1) is 28.0. The molecule has 9 heteroatoms. The minimum Gasteiger partial charge on any atom is -1.00 e. The van der Waals surface area contributed by atoms with Gasteiger partial charge in [-0.25, -0.2) is 6.08 Å². The number of rotatable bonds is 6. The summed E-state index contributed by atoms with van der Waals surface area (Å²) < 4.78 is 75.6. The number of benzene rings is 6. The third-order valence-electron chi connectivity index (χ3n) is 10.3. The number of hydrogen-bond acceptors (Lipinski definition) is 0. The van der Waals surface area contributed by atoms with E-state index >= 15 is 0 Å². The molecule has 6 aromatic carbocycles. The second-order valence-corrected chi connectivity index (χ2v) is 16.9. The molecule has 0 heterocycles. The maximum absolute atomic E-state index is 12.5. The topological polar surface area (TPSA) is 0 Å². The average molecular weight is 945 g/mol. The van der Waals surface area contributed by atoms with Gasteiger partial charge < -0.3 is 24.8 Å². The molecule has 0 spiro atoms. The zero-order chi connectivity index (χ0) is 42.4. The van der Waals surface area contributed by atoms with Crippen LogP contribution in [0.5, 0.6) is 0 Å². The van der Waals surface area contributed by atoms with Gasteiger partial charge in [0.1, 0.15) is 0 Å². The van der Waals surface area contributed by atoms with E-state index in [-0.39, 0.29) is 24.8 Å². The molecule has 0 radical (unpaired) electrons. The largest absolute Gasteiger partial charge is 1.00 e. The van der Waals surface area contributed by atoms with Gasteiger partial charge in [-0.2, -0.15) is 11.6 Å². The van der Waals surface area contributed by atoms with Crippen molar-refractivity contribution in [1.29, 1.82) is 0 Å². The Kier molecular flexibility index (Phi) is 17.2. The van der Waals surface area contributed by atoms with Crippen LogP contribution >= 0.6 is 0 Å². The van der Waals surface area contributed by atoms with Crippen molar-refractivity contribution in [2.75, 3.05) is 0 Å². The predicted octanol–water partition coefficient (Wildman–Crippen LogP) is 8.99. The molecule has 1 unspecified atom stereocenters. The predicted molar refractivity (Wildman–Crippen MR) is 224 cm³/mol. The van der Waals surface area contributed by atoms with Crippen LogP contribution in [-0.2, 0) is 43.0 Å². The summed E-state index contributed by atoms with van der Waals surface area (Å²) in [4.78, 5) is 0. The van der Waals surface area contributed by atoms with E-state index in [1.54, 1.807) is 0 Å². The smallest absolute Gasteiger partial charge is 0.0181 e. The molecule has 0 N–H and O–H groups in total. The number of fused-ring (bicyclic) bond motifs is 3. The van der Waals surface area contributed by atoms with Crippen LogP contribution in [0.1, 0.15) is 73.9 Å². The van der Waals surface area contributed by atoms with Gasteiger partial charge in [0.05, 0.1) is 0 Å². The van der Waals surface area contributed by atoms with Gasteiger partial charge in [-0.05, 0) is 23.1 Å². The van der Waals surface area contributed by atoms with Gasteiger partial charge in [0, 0.05) is 0 Å². The zero-order valence-electron chi connectivity index (χ0n) is 34.2. The summed E-state index contributed by atoms with van der Waals surface area (Å²) in [6, 6.07) is 45.2. The molecule has 2 aliphatic carbocycles. The van der Waals surface area contributed by atoms with Crippen LogP contribution in [-0.4, -0.2) is 3.21 Å². The molecule has 1 atom stereocenters. The van der Waals surface area contributed by atoms with E-state index in [1.165, 1.54) is 87.2 Å².